The van der Waals surface area contributed by atoms with Crippen LogP contribution in [-0.4, -0.2) is 30.4 Å². The number of nitrogens with two attached hydrogens (primary N) is 1. The number of rotatable bonds is 5. The fourth-order valence-corrected chi connectivity index (χ4v) is 3.07. The van der Waals surface area contributed by atoms with E-state index in [9.17, 15) is 9.59 Å². The molecule has 1 saturated carbocycles. The highest BCUT2D eigenvalue weighted by Gasteiger charge is 2.34. The van der Waals surface area contributed by atoms with Crippen LogP contribution in [0.1, 0.15) is 42.5 Å². The first-order valence-electron chi connectivity index (χ1n) is 7.62. The molecule has 0 unspecified atom stereocenters. The van der Waals surface area contributed by atoms with Gasteiger partial charge in [0.15, 0.2) is 0 Å². The van der Waals surface area contributed by atoms with E-state index in [1.165, 1.54) is 0 Å². The summed E-state index contributed by atoms with van der Waals surface area (Å²) in [6.45, 7) is 0.769. The molecule has 2 rings (SSSR count). The highest BCUT2D eigenvalue weighted by atomic mass is 79.9. The molecule has 1 aliphatic carbocycles. The van der Waals surface area contributed by atoms with Crippen LogP contribution >= 0.6 is 15.9 Å². The molecule has 0 atom stereocenters. The molecule has 1 aromatic rings. The Morgan fingerprint density at radius 1 is 1.14 bits per heavy atom. The summed E-state index contributed by atoms with van der Waals surface area (Å²) in [7, 11) is 0. The number of benzene rings is 1. The third-order valence-corrected chi connectivity index (χ3v) is 4.47. The minimum Gasteiger partial charge on any atom is -0.353 e. The summed E-state index contributed by atoms with van der Waals surface area (Å²) in [5.74, 6) is -0.264. The summed E-state index contributed by atoms with van der Waals surface area (Å²) in [6, 6.07) is 7.17. The van der Waals surface area contributed by atoms with Gasteiger partial charge in [0.2, 0.25) is 5.91 Å². The van der Waals surface area contributed by atoms with Gasteiger partial charge < -0.3 is 16.4 Å². The van der Waals surface area contributed by atoms with Crippen molar-refractivity contribution in [2.24, 2.45) is 5.73 Å². The summed E-state index contributed by atoms with van der Waals surface area (Å²) in [5, 5.41) is 5.60. The van der Waals surface area contributed by atoms with Crippen molar-refractivity contribution in [1.29, 1.82) is 0 Å². The van der Waals surface area contributed by atoms with Crippen LogP contribution < -0.4 is 16.4 Å². The minimum atomic E-state index is -0.730. The number of hydrogen-bond donors (Lipinski definition) is 3. The van der Waals surface area contributed by atoms with Crippen LogP contribution in [0.5, 0.6) is 0 Å². The van der Waals surface area contributed by atoms with Crippen LogP contribution in [0.25, 0.3) is 0 Å². The molecule has 1 aromatic carbocycles. The topological polar surface area (TPSA) is 84.2 Å². The van der Waals surface area contributed by atoms with E-state index in [-0.39, 0.29) is 11.8 Å². The standard InChI is InChI=1S/C16H22BrN3O2/c17-13-6-4-5-12(11-13)14(21)19-9-10-20-15(22)16(18)7-2-1-3-8-16/h4-6,11H,1-3,7-10,18H2,(H,19,21)(H,20,22). The van der Waals surface area contributed by atoms with Crippen molar-refractivity contribution in [1.82, 2.24) is 10.6 Å². The van der Waals surface area contributed by atoms with Crippen LogP contribution in [0, 0.1) is 0 Å². The first-order valence-corrected chi connectivity index (χ1v) is 8.41. The number of amides is 2. The highest BCUT2D eigenvalue weighted by molar-refractivity contribution is 9.10. The zero-order valence-corrected chi connectivity index (χ0v) is 14.1. The van der Waals surface area contributed by atoms with Crippen molar-refractivity contribution in [3.63, 3.8) is 0 Å². The monoisotopic (exact) mass is 367 g/mol. The van der Waals surface area contributed by atoms with Gasteiger partial charge in [0.1, 0.15) is 0 Å². The average molecular weight is 368 g/mol. The lowest BCUT2D eigenvalue weighted by atomic mass is 9.82. The predicted molar refractivity (Wildman–Crippen MR) is 89.5 cm³/mol. The molecule has 0 saturated heterocycles. The van der Waals surface area contributed by atoms with Gasteiger partial charge in [-0.25, -0.2) is 0 Å². The van der Waals surface area contributed by atoms with E-state index in [1.807, 2.05) is 12.1 Å². The third kappa shape index (κ3) is 4.55. The molecular formula is C16H22BrN3O2. The van der Waals surface area contributed by atoms with Gasteiger partial charge in [-0.15, -0.1) is 0 Å². The van der Waals surface area contributed by atoms with Crippen molar-refractivity contribution in [3.05, 3.63) is 34.3 Å². The first-order chi connectivity index (χ1) is 10.5. The van der Waals surface area contributed by atoms with Gasteiger partial charge in [0.25, 0.3) is 5.91 Å². The Kier molecular flexibility index (Phi) is 5.97. The zero-order chi connectivity index (χ0) is 16.0. The van der Waals surface area contributed by atoms with E-state index < -0.39 is 5.54 Å². The lowest BCUT2D eigenvalue weighted by molar-refractivity contribution is -0.127. The van der Waals surface area contributed by atoms with E-state index in [1.54, 1.807) is 12.1 Å². The van der Waals surface area contributed by atoms with E-state index in [4.69, 9.17) is 5.73 Å². The third-order valence-electron chi connectivity index (χ3n) is 3.98. The van der Waals surface area contributed by atoms with Crippen molar-refractivity contribution >= 4 is 27.7 Å². The Labute approximate surface area is 139 Å². The van der Waals surface area contributed by atoms with Gasteiger partial charge in [-0.1, -0.05) is 41.3 Å². The van der Waals surface area contributed by atoms with Crippen molar-refractivity contribution in [2.75, 3.05) is 13.1 Å². The molecule has 0 bridgehead atoms. The zero-order valence-electron chi connectivity index (χ0n) is 12.5. The Hall–Kier alpha value is -1.40. The molecule has 0 aromatic heterocycles. The predicted octanol–water partition coefficient (Wildman–Crippen LogP) is 1.96. The largest absolute Gasteiger partial charge is 0.353 e. The van der Waals surface area contributed by atoms with E-state index in [0.717, 1.165) is 36.6 Å². The molecule has 6 heteroatoms. The lowest BCUT2D eigenvalue weighted by Crippen LogP contribution is -2.55. The summed E-state index contributed by atoms with van der Waals surface area (Å²) >= 11 is 3.33. The van der Waals surface area contributed by atoms with E-state index in [0.29, 0.717) is 18.7 Å². The highest BCUT2D eigenvalue weighted by Crippen LogP contribution is 2.25. The van der Waals surface area contributed by atoms with E-state index in [2.05, 4.69) is 26.6 Å². The Bertz CT molecular complexity index is 542. The number of carbonyl (C=O) groups excluding carboxylic acids is 2. The number of halogens is 1. The second-order valence-electron chi connectivity index (χ2n) is 5.74. The normalized spacial score (nSPS) is 16.8. The quantitative estimate of drug-likeness (QED) is 0.695. The van der Waals surface area contributed by atoms with Gasteiger partial charge in [-0.2, -0.15) is 0 Å². The van der Waals surface area contributed by atoms with Gasteiger partial charge in [-0.05, 0) is 31.0 Å². The minimum absolute atomic E-state index is 0.107. The van der Waals surface area contributed by atoms with Crippen LogP contribution in [0.3, 0.4) is 0 Å². The Morgan fingerprint density at radius 3 is 2.50 bits per heavy atom. The fraction of sp³-hybridized carbons (Fsp3) is 0.500. The molecule has 0 radical (unpaired) electrons. The maximum absolute atomic E-state index is 12.1. The van der Waals surface area contributed by atoms with Gasteiger partial charge in [0, 0.05) is 23.1 Å². The smallest absolute Gasteiger partial charge is 0.251 e. The van der Waals surface area contributed by atoms with Crippen molar-refractivity contribution in [3.8, 4) is 0 Å². The molecule has 22 heavy (non-hydrogen) atoms. The molecule has 0 aliphatic heterocycles. The number of carbonyl (C=O) groups is 2. The molecule has 0 heterocycles. The molecular weight excluding hydrogens is 346 g/mol. The molecule has 4 N–H and O–H groups in total. The summed E-state index contributed by atoms with van der Waals surface area (Å²) in [4.78, 5) is 24.1. The molecule has 5 nitrogen and oxygen atoms in total. The number of nitrogens with one attached hydrogen (secondary N) is 2. The summed E-state index contributed by atoms with van der Waals surface area (Å²) in [6.07, 6.45) is 4.63. The summed E-state index contributed by atoms with van der Waals surface area (Å²) in [5.41, 5.74) is 6.00. The van der Waals surface area contributed by atoms with E-state index >= 15 is 0 Å². The second-order valence-corrected chi connectivity index (χ2v) is 6.65. The maximum atomic E-state index is 12.1. The van der Waals surface area contributed by atoms with Crippen molar-refractivity contribution in [2.45, 2.75) is 37.6 Å². The molecule has 2 amide bonds. The molecule has 120 valence electrons. The molecule has 1 fully saturated rings. The SMILES string of the molecule is NC1(C(=O)NCCNC(=O)c2cccc(Br)c2)CCCCC1. The average Bonchev–Trinajstić information content (AvgIpc) is 2.51. The van der Waals surface area contributed by atoms with Gasteiger partial charge in [0.05, 0.1) is 5.54 Å². The fourth-order valence-electron chi connectivity index (χ4n) is 2.67. The van der Waals surface area contributed by atoms with Crippen LogP contribution in [0.15, 0.2) is 28.7 Å². The Morgan fingerprint density at radius 2 is 1.82 bits per heavy atom. The van der Waals surface area contributed by atoms with Crippen molar-refractivity contribution < 1.29 is 9.59 Å². The second kappa shape index (κ2) is 7.74. The Balaban J connectivity index is 1.72. The van der Waals surface area contributed by atoms with Crippen LogP contribution in [0.2, 0.25) is 0 Å². The maximum Gasteiger partial charge on any atom is 0.251 e. The number of hydrogen-bond acceptors (Lipinski definition) is 3. The van der Waals surface area contributed by atoms with Crippen LogP contribution in [-0.2, 0) is 4.79 Å². The summed E-state index contributed by atoms with van der Waals surface area (Å²) < 4.78 is 0.857. The van der Waals surface area contributed by atoms with Gasteiger partial charge >= 0.3 is 0 Å². The molecule has 0 spiro atoms. The first kappa shape index (κ1) is 17.0. The molecule has 1 aliphatic rings. The van der Waals surface area contributed by atoms with Gasteiger partial charge in [-0.3, -0.25) is 9.59 Å². The lowest BCUT2D eigenvalue weighted by Gasteiger charge is -2.31. The van der Waals surface area contributed by atoms with Crippen LogP contribution in [0.4, 0.5) is 0 Å².